The van der Waals surface area contributed by atoms with Gasteiger partial charge in [0, 0.05) is 11.9 Å². The highest BCUT2D eigenvalue weighted by atomic mass is 15.4. The van der Waals surface area contributed by atoms with Gasteiger partial charge in [0.2, 0.25) is 5.95 Å². The maximum absolute atomic E-state index is 5.36. The highest BCUT2D eigenvalue weighted by molar-refractivity contribution is 5.16. The Morgan fingerprint density at radius 1 is 1.38 bits per heavy atom. The van der Waals surface area contributed by atoms with Crippen molar-refractivity contribution in [2.45, 2.75) is 6.92 Å². The summed E-state index contributed by atoms with van der Waals surface area (Å²) in [7, 11) is 0. The number of nitrogens with two attached hydrogens (primary N) is 1. The fourth-order valence-corrected chi connectivity index (χ4v) is 0.918. The Hall–Kier alpha value is -1.98. The monoisotopic (exact) mass is 176 g/mol. The van der Waals surface area contributed by atoms with Crippen LogP contribution >= 0.6 is 0 Å². The van der Waals surface area contributed by atoms with Crippen molar-refractivity contribution in [3.63, 3.8) is 0 Å². The number of nitrogen functional groups attached to an aromatic ring is 1. The summed E-state index contributed by atoms with van der Waals surface area (Å²) in [5.41, 5.74) is 6.23. The largest absolute Gasteiger partial charge is 0.366 e. The summed E-state index contributed by atoms with van der Waals surface area (Å²) in [5, 5.41) is 3.88. The van der Waals surface area contributed by atoms with Gasteiger partial charge >= 0.3 is 0 Å². The molecular weight excluding hydrogens is 168 g/mol. The molecule has 6 heteroatoms. The molecule has 2 aromatic rings. The van der Waals surface area contributed by atoms with Gasteiger partial charge in [0.25, 0.3) is 5.95 Å². The van der Waals surface area contributed by atoms with Crippen molar-refractivity contribution in [3.8, 4) is 5.95 Å². The topological polar surface area (TPSA) is 82.5 Å². The van der Waals surface area contributed by atoms with E-state index in [9.17, 15) is 0 Å². The van der Waals surface area contributed by atoms with Crippen molar-refractivity contribution in [1.82, 2.24) is 24.7 Å². The fourth-order valence-electron chi connectivity index (χ4n) is 0.918. The first-order valence-corrected chi connectivity index (χ1v) is 3.73. The SMILES string of the molecule is Cc1ccnc(-n2cnc(N)n2)n1. The summed E-state index contributed by atoms with van der Waals surface area (Å²) in [4.78, 5) is 11.9. The molecular formula is C7H8N6. The van der Waals surface area contributed by atoms with Gasteiger partial charge in [0.1, 0.15) is 6.33 Å². The van der Waals surface area contributed by atoms with Crippen molar-refractivity contribution in [2.24, 2.45) is 0 Å². The first-order chi connectivity index (χ1) is 6.25. The predicted octanol–water partition coefficient (Wildman–Crippen LogP) is -0.0521. The molecule has 2 N–H and O–H groups in total. The van der Waals surface area contributed by atoms with Crippen molar-refractivity contribution in [1.29, 1.82) is 0 Å². The fraction of sp³-hybridized carbons (Fsp3) is 0.143. The second-order valence-corrected chi connectivity index (χ2v) is 2.55. The third-order valence-corrected chi connectivity index (χ3v) is 1.50. The predicted molar refractivity (Wildman–Crippen MR) is 46.1 cm³/mol. The standard InChI is InChI=1S/C7H8N6/c1-5-2-3-9-7(11-5)13-4-10-6(8)12-13/h2-4H,1H3,(H2,8,12). The molecule has 0 atom stereocenters. The molecule has 2 rings (SSSR count). The van der Waals surface area contributed by atoms with Crippen LogP contribution in [0.25, 0.3) is 5.95 Å². The Labute approximate surface area is 74.5 Å². The summed E-state index contributed by atoms with van der Waals surface area (Å²) in [6.45, 7) is 1.88. The second-order valence-electron chi connectivity index (χ2n) is 2.55. The molecule has 0 aliphatic heterocycles. The minimum atomic E-state index is 0.213. The van der Waals surface area contributed by atoms with Crippen molar-refractivity contribution in [3.05, 3.63) is 24.3 Å². The van der Waals surface area contributed by atoms with Gasteiger partial charge in [-0.15, -0.1) is 5.10 Å². The zero-order chi connectivity index (χ0) is 9.26. The van der Waals surface area contributed by atoms with Crippen LogP contribution in [0.1, 0.15) is 5.69 Å². The summed E-state index contributed by atoms with van der Waals surface area (Å²) < 4.78 is 1.43. The molecule has 0 unspecified atom stereocenters. The number of hydrogen-bond acceptors (Lipinski definition) is 5. The maximum Gasteiger partial charge on any atom is 0.252 e. The summed E-state index contributed by atoms with van der Waals surface area (Å²) >= 11 is 0. The van der Waals surface area contributed by atoms with Crippen molar-refractivity contribution in [2.75, 3.05) is 5.73 Å². The van der Waals surface area contributed by atoms with Crippen LogP contribution < -0.4 is 5.73 Å². The van der Waals surface area contributed by atoms with Gasteiger partial charge in [-0.2, -0.15) is 4.68 Å². The Balaban J connectivity index is 2.46. The lowest BCUT2D eigenvalue weighted by atomic mass is 10.5. The number of hydrogen-bond donors (Lipinski definition) is 1. The Morgan fingerprint density at radius 3 is 2.85 bits per heavy atom. The normalized spacial score (nSPS) is 10.2. The molecule has 0 bridgehead atoms. The molecule has 0 aliphatic carbocycles. The number of nitrogens with zero attached hydrogens (tertiary/aromatic N) is 5. The van der Waals surface area contributed by atoms with E-state index in [1.54, 1.807) is 6.20 Å². The van der Waals surface area contributed by atoms with Crippen LogP contribution in [0.15, 0.2) is 18.6 Å². The van der Waals surface area contributed by atoms with E-state index in [1.807, 2.05) is 13.0 Å². The smallest absolute Gasteiger partial charge is 0.252 e. The molecule has 0 saturated carbocycles. The molecule has 0 radical (unpaired) electrons. The number of rotatable bonds is 1. The van der Waals surface area contributed by atoms with Crippen LogP contribution in [0.5, 0.6) is 0 Å². The molecule has 66 valence electrons. The molecule has 0 spiro atoms. The molecule has 6 nitrogen and oxygen atoms in total. The quantitative estimate of drug-likeness (QED) is 0.658. The van der Waals surface area contributed by atoms with E-state index in [4.69, 9.17) is 5.73 Å². The van der Waals surface area contributed by atoms with Crippen LogP contribution in [0, 0.1) is 6.92 Å². The number of aromatic nitrogens is 5. The van der Waals surface area contributed by atoms with Crippen LogP contribution in [0.2, 0.25) is 0 Å². The molecule has 13 heavy (non-hydrogen) atoms. The highest BCUT2D eigenvalue weighted by Crippen LogP contribution is 1.99. The Kier molecular flexibility index (Phi) is 1.66. The van der Waals surface area contributed by atoms with Gasteiger partial charge in [-0.1, -0.05) is 0 Å². The van der Waals surface area contributed by atoms with Gasteiger partial charge in [-0.05, 0) is 13.0 Å². The van der Waals surface area contributed by atoms with Crippen LogP contribution in [-0.2, 0) is 0 Å². The lowest BCUT2D eigenvalue weighted by Crippen LogP contribution is -2.02. The third kappa shape index (κ3) is 1.46. The van der Waals surface area contributed by atoms with Crippen LogP contribution in [0.4, 0.5) is 5.95 Å². The second kappa shape index (κ2) is 2.81. The third-order valence-electron chi connectivity index (χ3n) is 1.50. The minimum Gasteiger partial charge on any atom is -0.366 e. The van der Waals surface area contributed by atoms with Crippen LogP contribution in [0.3, 0.4) is 0 Å². The average Bonchev–Trinajstić information content (AvgIpc) is 2.52. The zero-order valence-electron chi connectivity index (χ0n) is 7.05. The summed E-state index contributed by atoms with van der Waals surface area (Å²) in [5.74, 6) is 0.689. The Morgan fingerprint density at radius 2 is 2.23 bits per heavy atom. The van der Waals surface area contributed by atoms with E-state index in [1.165, 1.54) is 11.0 Å². The average molecular weight is 176 g/mol. The van der Waals surface area contributed by atoms with E-state index in [0.29, 0.717) is 5.95 Å². The molecule has 0 amide bonds. The van der Waals surface area contributed by atoms with Gasteiger partial charge < -0.3 is 5.73 Å². The molecule has 0 aromatic carbocycles. The van der Waals surface area contributed by atoms with E-state index in [2.05, 4.69) is 20.1 Å². The van der Waals surface area contributed by atoms with E-state index >= 15 is 0 Å². The van der Waals surface area contributed by atoms with Gasteiger partial charge in [0.15, 0.2) is 0 Å². The highest BCUT2D eigenvalue weighted by Gasteiger charge is 2.01. The molecule has 2 heterocycles. The summed E-state index contributed by atoms with van der Waals surface area (Å²) in [6.07, 6.45) is 3.14. The van der Waals surface area contributed by atoms with E-state index < -0.39 is 0 Å². The maximum atomic E-state index is 5.36. The summed E-state index contributed by atoms with van der Waals surface area (Å²) in [6, 6.07) is 1.81. The van der Waals surface area contributed by atoms with E-state index in [-0.39, 0.29) is 5.95 Å². The Bertz CT molecular complexity index is 420. The molecule has 0 saturated heterocycles. The van der Waals surface area contributed by atoms with E-state index in [0.717, 1.165) is 5.69 Å². The van der Waals surface area contributed by atoms with Crippen molar-refractivity contribution < 1.29 is 0 Å². The minimum absolute atomic E-state index is 0.213. The first-order valence-electron chi connectivity index (χ1n) is 3.73. The lowest BCUT2D eigenvalue weighted by Gasteiger charge is -1.97. The first kappa shape index (κ1) is 7.66. The molecule has 0 aliphatic rings. The van der Waals surface area contributed by atoms with Gasteiger partial charge in [0.05, 0.1) is 0 Å². The van der Waals surface area contributed by atoms with Crippen molar-refractivity contribution >= 4 is 5.95 Å². The van der Waals surface area contributed by atoms with Gasteiger partial charge in [-0.25, -0.2) is 15.0 Å². The lowest BCUT2D eigenvalue weighted by molar-refractivity contribution is 0.802. The van der Waals surface area contributed by atoms with Crippen LogP contribution in [-0.4, -0.2) is 24.7 Å². The number of anilines is 1. The van der Waals surface area contributed by atoms with Gasteiger partial charge in [-0.3, -0.25) is 0 Å². The number of aryl methyl sites for hydroxylation is 1. The molecule has 0 fully saturated rings. The zero-order valence-corrected chi connectivity index (χ0v) is 7.05. The molecule has 2 aromatic heterocycles.